The van der Waals surface area contributed by atoms with E-state index in [1.807, 2.05) is 60.7 Å². The molecule has 5 nitrogen and oxygen atoms in total. The van der Waals surface area contributed by atoms with Gasteiger partial charge in [-0.15, -0.1) is 0 Å². The molecule has 0 aliphatic rings. The molecule has 0 spiro atoms. The first-order chi connectivity index (χ1) is 27.8. The molecule has 0 radical (unpaired) electrons. The van der Waals surface area contributed by atoms with Gasteiger partial charge in [-0.05, 0) is 53.6 Å². The van der Waals surface area contributed by atoms with Crippen LogP contribution in [0.4, 0.5) is 0 Å². The molecule has 0 fully saturated rings. The van der Waals surface area contributed by atoms with Crippen LogP contribution in [0.2, 0.25) is 0 Å². The first kappa shape index (κ1) is 31.9. The minimum absolute atomic E-state index is 0.612. The second-order valence-corrected chi connectivity index (χ2v) is 14.1. The van der Waals surface area contributed by atoms with E-state index >= 15 is 0 Å². The molecule has 8 aromatic carbocycles. The standard InChI is InChI=1S/C51H33N5/c1-4-16-34(17-5-1)37-28-30-41-42-31-29-38(55-44-25-13-10-22-39(44)40-23-11-14-26-45(40)55)33-48(42)56(47(41)32-37)46-27-15-12-24-43(46)51-53-49(35-18-6-2-7-19-35)52-50(54-51)36-20-8-3-9-21-36/h1-33H. The van der Waals surface area contributed by atoms with Crippen molar-refractivity contribution in [2.24, 2.45) is 0 Å². The molecule has 0 atom stereocenters. The molecule has 11 rings (SSSR count). The van der Waals surface area contributed by atoms with Crippen molar-refractivity contribution in [3.63, 3.8) is 0 Å². The van der Waals surface area contributed by atoms with Crippen molar-refractivity contribution in [3.05, 3.63) is 200 Å². The molecule has 0 bridgehead atoms. The monoisotopic (exact) mass is 715 g/mol. The van der Waals surface area contributed by atoms with Gasteiger partial charge < -0.3 is 9.13 Å². The lowest BCUT2D eigenvalue weighted by atomic mass is 10.0. The fourth-order valence-electron chi connectivity index (χ4n) is 8.20. The van der Waals surface area contributed by atoms with Crippen molar-refractivity contribution in [1.82, 2.24) is 24.1 Å². The Morgan fingerprint density at radius 3 is 1.38 bits per heavy atom. The molecule has 0 N–H and O–H groups in total. The highest BCUT2D eigenvalue weighted by Crippen LogP contribution is 2.40. The van der Waals surface area contributed by atoms with E-state index in [4.69, 9.17) is 15.0 Å². The molecule has 0 aliphatic carbocycles. The quantitative estimate of drug-likeness (QED) is 0.172. The van der Waals surface area contributed by atoms with E-state index < -0.39 is 0 Å². The molecular weight excluding hydrogens is 683 g/mol. The van der Waals surface area contributed by atoms with E-state index in [0.717, 1.165) is 44.7 Å². The lowest BCUT2D eigenvalue weighted by molar-refractivity contribution is 1.06. The molecule has 11 aromatic rings. The van der Waals surface area contributed by atoms with Crippen LogP contribution >= 0.6 is 0 Å². The van der Waals surface area contributed by atoms with Crippen molar-refractivity contribution in [2.45, 2.75) is 0 Å². The second-order valence-electron chi connectivity index (χ2n) is 14.1. The van der Waals surface area contributed by atoms with E-state index in [9.17, 15) is 0 Å². The van der Waals surface area contributed by atoms with Crippen LogP contribution in [0.5, 0.6) is 0 Å². The van der Waals surface area contributed by atoms with E-state index in [2.05, 4.69) is 149 Å². The summed E-state index contributed by atoms with van der Waals surface area (Å²) in [5, 5.41) is 4.82. The molecule has 0 saturated carbocycles. The zero-order valence-electron chi connectivity index (χ0n) is 30.3. The van der Waals surface area contributed by atoms with Crippen molar-refractivity contribution in [2.75, 3.05) is 0 Å². The molecule has 5 heteroatoms. The highest BCUT2D eigenvalue weighted by Gasteiger charge is 2.21. The van der Waals surface area contributed by atoms with E-state index in [1.165, 1.54) is 38.1 Å². The van der Waals surface area contributed by atoms with Crippen molar-refractivity contribution in [1.29, 1.82) is 0 Å². The fraction of sp³-hybridized carbons (Fsp3) is 0. The van der Waals surface area contributed by atoms with Gasteiger partial charge in [0.2, 0.25) is 0 Å². The van der Waals surface area contributed by atoms with E-state index in [1.54, 1.807) is 0 Å². The van der Waals surface area contributed by atoms with Gasteiger partial charge in [-0.3, -0.25) is 0 Å². The summed E-state index contributed by atoms with van der Waals surface area (Å²) in [6.07, 6.45) is 0. The largest absolute Gasteiger partial charge is 0.309 e. The fourth-order valence-corrected chi connectivity index (χ4v) is 8.20. The van der Waals surface area contributed by atoms with E-state index in [0.29, 0.717) is 17.5 Å². The van der Waals surface area contributed by atoms with Gasteiger partial charge in [0.15, 0.2) is 17.5 Å². The predicted molar refractivity (Wildman–Crippen MR) is 230 cm³/mol. The van der Waals surface area contributed by atoms with Crippen molar-refractivity contribution < 1.29 is 0 Å². The molecule has 3 aromatic heterocycles. The third-order valence-electron chi connectivity index (χ3n) is 10.8. The first-order valence-corrected chi connectivity index (χ1v) is 18.9. The van der Waals surface area contributed by atoms with Gasteiger partial charge in [-0.2, -0.15) is 0 Å². The summed E-state index contributed by atoms with van der Waals surface area (Å²) < 4.78 is 4.79. The summed E-state index contributed by atoms with van der Waals surface area (Å²) in [4.78, 5) is 15.4. The van der Waals surface area contributed by atoms with Crippen molar-refractivity contribution in [3.8, 4) is 56.7 Å². The molecule has 0 amide bonds. The number of nitrogens with zero attached hydrogens (tertiary/aromatic N) is 5. The van der Waals surface area contributed by atoms with Crippen LogP contribution in [-0.4, -0.2) is 24.1 Å². The maximum absolute atomic E-state index is 5.18. The van der Waals surface area contributed by atoms with Gasteiger partial charge in [0, 0.05) is 43.9 Å². The second kappa shape index (κ2) is 13.0. The Labute approximate surface area is 323 Å². The summed E-state index contributed by atoms with van der Waals surface area (Å²) in [5.41, 5.74) is 11.7. The maximum atomic E-state index is 5.18. The van der Waals surface area contributed by atoms with Gasteiger partial charge in [-0.1, -0.05) is 158 Å². The third-order valence-corrected chi connectivity index (χ3v) is 10.8. The normalized spacial score (nSPS) is 11.6. The molecular formula is C51H33N5. The topological polar surface area (TPSA) is 48.5 Å². The molecule has 0 aliphatic heterocycles. The van der Waals surface area contributed by atoms with Gasteiger partial charge in [0.05, 0.1) is 27.8 Å². The van der Waals surface area contributed by atoms with Crippen molar-refractivity contribution >= 4 is 43.6 Å². The number of hydrogen-bond donors (Lipinski definition) is 0. The Kier molecular flexibility index (Phi) is 7.42. The van der Waals surface area contributed by atoms with Crippen LogP contribution in [0.25, 0.3) is 100 Å². The smallest absolute Gasteiger partial charge is 0.166 e. The van der Waals surface area contributed by atoms with Crippen LogP contribution in [0.3, 0.4) is 0 Å². The van der Waals surface area contributed by atoms with Crippen LogP contribution < -0.4 is 0 Å². The zero-order chi connectivity index (χ0) is 37.0. The average Bonchev–Trinajstić information content (AvgIpc) is 3.79. The lowest BCUT2D eigenvalue weighted by Crippen LogP contribution is -2.04. The molecule has 0 unspecified atom stereocenters. The summed E-state index contributed by atoms with van der Waals surface area (Å²) in [5.74, 6) is 1.87. The van der Waals surface area contributed by atoms with Gasteiger partial charge in [0.1, 0.15) is 0 Å². The van der Waals surface area contributed by atoms with Crippen LogP contribution in [0.1, 0.15) is 0 Å². The lowest BCUT2D eigenvalue weighted by Gasteiger charge is -2.15. The number of aromatic nitrogens is 5. The number of benzene rings is 8. The third kappa shape index (κ3) is 5.21. The summed E-state index contributed by atoms with van der Waals surface area (Å²) in [6, 6.07) is 70.4. The maximum Gasteiger partial charge on any atom is 0.166 e. The Morgan fingerprint density at radius 2 is 0.750 bits per heavy atom. The van der Waals surface area contributed by atoms with Gasteiger partial charge in [0.25, 0.3) is 0 Å². The summed E-state index contributed by atoms with van der Waals surface area (Å²) in [6.45, 7) is 0. The first-order valence-electron chi connectivity index (χ1n) is 18.9. The van der Waals surface area contributed by atoms with E-state index in [-0.39, 0.29) is 0 Å². The minimum atomic E-state index is 0.612. The predicted octanol–water partition coefficient (Wildman–Crippen LogP) is 12.7. The van der Waals surface area contributed by atoms with Gasteiger partial charge in [-0.25, -0.2) is 15.0 Å². The highest BCUT2D eigenvalue weighted by atomic mass is 15.1. The number of fused-ring (bicyclic) bond motifs is 6. The summed E-state index contributed by atoms with van der Waals surface area (Å²) >= 11 is 0. The van der Waals surface area contributed by atoms with Crippen LogP contribution in [0.15, 0.2) is 200 Å². The Morgan fingerprint density at radius 1 is 0.286 bits per heavy atom. The molecule has 3 heterocycles. The molecule has 262 valence electrons. The Balaban J connectivity index is 1.21. The minimum Gasteiger partial charge on any atom is -0.309 e. The SMILES string of the molecule is c1ccc(-c2ccc3c4ccc(-n5c6ccccc6c6ccccc65)cc4n(-c4ccccc4-c4nc(-c5ccccc5)nc(-c5ccccc5)n4)c3c2)cc1. The van der Waals surface area contributed by atoms with Crippen LogP contribution in [-0.2, 0) is 0 Å². The summed E-state index contributed by atoms with van der Waals surface area (Å²) in [7, 11) is 0. The highest BCUT2D eigenvalue weighted by molar-refractivity contribution is 6.13. The zero-order valence-corrected chi connectivity index (χ0v) is 30.3. The molecule has 56 heavy (non-hydrogen) atoms. The van der Waals surface area contributed by atoms with Gasteiger partial charge >= 0.3 is 0 Å². The number of para-hydroxylation sites is 3. The molecule has 0 saturated heterocycles. The Bertz CT molecular complexity index is 3120. The Hall–Kier alpha value is -7.63. The average molecular weight is 716 g/mol. The number of rotatable bonds is 6. The number of hydrogen-bond acceptors (Lipinski definition) is 3. The van der Waals surface area contributed by atoms with Crippen LogP contribution in [0, 0.1) is 0 Å².